The van der Waals surface area contributed by atoms with Gasteiger partial charge < -0.3 is 20.5 Å². The quantitative estimate of drug-likeness (QED) is 0.134. The van der Waals surface area contributed by atoms with Gasteiger partial charge in [-0.25, -0.2) is 9.97 Å². The molecule has 0 bridgehead atoms. The van der Waals surface area contributed by atoms with Gasteiger partial charge in [0.15, 0.2) is 5.75 Å². The molecule has 16 heteroatoms. The topological polar surface area (TPSA) is 96.4 Å². The van der Waals surface area contributed by atoms with Gasteiger partial charge in [0.1, 0.15) is 0 Å². The highest BCUT2D eigenvalue weighted by molar-refractivity contribution is 5.66. The molecule has 3 rings (SSSR count). The van der Waals surface area contributed by atoms with Crippen molar-refractivity contribution in [1.29, 1.82) is 0 Å². The summed E-state index contributed by atoms with van der Waals surface area (Å²) < 4.78 is 124. The lowest BCUT2D eigenvalue weighted by molar-refractivity contribution is -0.143. The Morgan fingerprint density at radius 1 is 0.791 bits per heavy atom. The fourth-order valence-corrected chi connectivity index (χ4v) is 3.84. The highest BCUT2D eigenvalue weighted by Gasteiger charge is 2.37. The first-order valence-corrected chi connectivity index (χ1v) is 12.7. The normalized spacial score (nSPS) is 12.2. The minimum atomic E-state index is -4.98. The van der Waals surface area contributed by atoms with E-state index in [1.165, 1.54) is 18.5 Å². The summed E-state index contributed by atoms with van der Waals surface area (Å²) in [6.07, 6.45) is -11.9. The fourth-order valence-electron chi connectivity index (χ4n) is 3.84. The number of carboxylic acid groups (broad SMARTS) is 1. The maximum atomic E-state index is 13.3. The maximum absolute atomic E-state index is 13.3. The molecule has 0 spiro atoms. The molecule has 0 unspecified atom stereocenters. The number of nitrogens with zero attached hydrogens (tertiary/aromatic N) is 2. The lowest BCUT2D eigenvalue weighted by atomic mass is 10.0. The van der Waals surface area contributed by atoms with Crippen LogP contribution in [0.15, 0.2) is 48.8 Å². The largest absolute Gasteiger partial charge is 0.490 e. The van der Waals surface area contributed by atoms with Crippen molar-refractivity contribution in [1.82, 2.24) is 9.97 Å². The van der Waals surface area contributed by atoms with Crippen LogP contribution in [0.2, 0.25) is 0 Å². The van der Waals surface area contributed by atoms with Gasteiger partial charge in [-0.05, 0) is 66.8 Å². The minimum Gasteiger partial charge on any atom is -0.490 e. The Hall–Kier alpha value is -4.24. The number of aryl methyl sites for hydroxylation is 1. The van der Waals surface area contributed by atoms with Crippen molar-refractivity contribution in [2.24, 2.45) is 0 Å². The number of nitrogens with one attached hydrogen (secondary N) is 2. The molecular formula is C27H25F9N4O3. The van der Waals surface area contributed by atoms with Crippen molar-refractivity contribution in [2.75, 3.05) is 23.8 Å². The van der Waals surface area contributed by atoms with E-state index in [4.69, 9.17) is 9.84 Å². The first-order valence-electron chi connectivity index (χ1n) is 12.7. The molecule has 234 valence electrons. The van der Waals surface area contributed by atoms with Crippen molar-refractivity contribution < 1.29 is 54.2 Å². The van der Waals surface area contributed by atoms with E-state index in [1.54, 1.807) is 0 Å². The average Bonchev–Trinajstić information content (AvgIpc) is 2.91. The van der Waals surface area contributed by atoms with Crippen LogP contribution in [-0.2, 0) is 36.3 Å². The van der Waals surface area contributed by atoms with Gasteiger partial charge >= 0.3 is 24.5 Å². The molecule has 1 aromatic heterocycles. The number of rotatable bonds is 13. The van der Waals surface area contributed by atoms with Crippen molar-refractivity contribution in [3.8, 4) is 5.75 Å². The van der Waals surface area contributed by atoms with Gasteiger partial charge in [-0.15, -0.1) is 0 Å². The summed E-state index contributed by atoms with van der Waals surface area (Å²) in [7, 11) is 0. The van der Waals surface area contributed by atoms with Crippen LogP contribution in [-0.4, -0.2) is 34.2 Å². The zero-order valence-corrected chi connectivity index (χ0v) is 22.1. The number of carboxylic acids is 1. The second-order valence-electron chi connectivity index (χ2n) is 9.26. The first-order chi connectivity index (χ1) is 20.0. The summed E-state index contributed by atoms with van der Waals surface area (Å²) >= 11 is 0. The standard InChI is InChI=1S/C27H25F9N4O3/c28-25(29,30)18-5-6-22(17(11-18)13-38-24-39-14-21(15-40-24)43-8-2-4-23(41)42)37-7-1-3-16-9-19(26(31,32)33)12-20(10-16)27(34,35)36/h5-6,9-12,14-15,37H,1-4,7-8,13H2,(H,41,42)(H,38,39,40). The van der Waals surface area contributed by atoms with Gasteiger partial charge in [0.25, 0.3) is 0 Å². The highest BCUT2D eigenvalue weighted by atomic mass is 19.4. The molecular weight excluding hydrogens is 599 g/mol. The molecule has 43 heavy (non-hydrogen) atoms. The number of benzene rings is 2. The summed E-state index contributed by atoms with van der Waals surface area (Å²) in [5, 5.41) is 14.3. The van der Waals surface area contributed by atoms with E-state index in [-0.39, 0.29) is 80.0 Å². The minimum absolute atomic E-state index is 0.0282. The number of hydrogen-bond donors (Lipinski definition) is 3. The van der Waals surface area contributed by atoms with Crippen LogP contribution in [0.4, 0.5) is 51.1 Å². The summed E-state index contributed by atoms with van der Waals surface area (Å²) in [5.74, 6) is -0.676. The first kappa shape index (κ1) is 33.3. The number of aliphatic carboxylic acids is 1. The lowest BCUT2D eigenvalue weighted by Crippen LogP contribution is -2.13. The van der Waals surface area contributed by atoms with Crippen molar-refractivity contribution in [3.05, 3.63) is 76.6 Å². The molecule has 0 aliphatic rings. The SMILES string of the molecule is O=C(O)CCCOc1cnc(NCc2cc(C(F)(F)F)ccc2NCCCc2cc(C(F)(F)F)cc(C(F)(F)F)c2)nc1. The van der Waals surface area contributed by atoms with Crippen LogP contribution in [0.5, 0.6) is 5.75 Å². The molecule has 2 aromatic carbocycles. The number of aromatic nitrogens is 2. The van der Waals surface area contributed by atoms with E-state index in [0.29, 0.717) is 12.1 Å². The molecule has 0 radical (unpaired) electrons. The molecule has 1 heterocycles. The summed E-state index contributed by atoms with van der Waals surface area (Å²) in [6.45, 7) is -0.0348. The fraction of sp³-hybridized carbons (Fsp3) is 0.370. The van der Waals surface area contributed by atoms with Crippen LogP contribution >= 0.6 is 0 Å². The third kappa shape index (κ3) is 10.5. The Bertz CT molecular complexity index is 1340. The molecule has 0 atom stereocenters. The molecule has 7 nitrogen and oxygen atoms in total. The second kappa shape index (κ2) is 13.8. The Kier molecular flexibility index (Phi) is 10.7. The molecule has 0 aliphatic heterocycles. The van der Waals surface area contributed by atoms with Crippen LogP contribution < -0.4 is 15.4 Å². The molecule has 3 N–H and O–H groups in total. The molecule has 0 fully saturated rings. The Balaban J connectivity index is 1.65. The lowest BCUT2D eigenvalue weighted by Gasteiger charge is -2.17. The predicted molar refractivity (Wildman–Crippen MR) is 136 cm³/mol. The number of carbonyl (C=O) groups is 1. The number of hydrogen-bond acceptors (Lipinski definition) is 6. The van der Waals surface area contributed by atoms with E-state index in [1.807, 2.05) is 0 Å². The Labute approximate surface area is 239 Å². The molecule has 0 saturated carbocycles. The van der Waals surface area contributed by atoms with Gasteiger partial charge in [-0.3, -0.25) is 4.79 Å². The number of alkyl halides is 9. The van der Waals surface area contributed by atoms with Gasteiger partial charge in [-0.1, -0.05) is 0 Å². The van der Waals surface area contributed by atoms with Crippen molar-refractivity contribution in [2.45, 2.75) is 50.8 Å². The van der Waals surface area contributed by atoms with Gasteiger partial charge in [-0.2, -0.15) is 39.5 Å². The molecule has 0 aliphatic carbocycles. The summed E-state index contributed by atoms with van der Waals surface area (Å²) in [4.78, 5) is 18.5. The predicted octanol–water partition coefficient (Wildman–Crippen LogP) is 7.43. The van der Waals surface area contributed by atoms with Crippen LogP contribution in [0.1, 0.15) is 47.1 Å². The maximum Gasteiger partial charge on any atom is 0.416 e. The summed E-state index contributed by atoms with van der Waals surface area (Å²) in [5.41, 5.74) is -3.60. The Morgan fingerprint density at radius 2 is 1.40 bits per heavy atom. The molecule has 0 saturated heterocycles. The third-order valence-electron chi connectivity index (χ3n) is 5.91. The van der Waals surface area contributed by atoms with Crippen molar-refractivity contribution >= 4 is 17.6 Å². The number of ether oxygens (including phenoxy) is 1. The van der Waals surface area contributed by atoms with E-state index in [9.17, 15) is 44.3 Å². The van der Waals surface area contributed by atoms with Crippen molar-refractivity contribution in [3.63, 3.8) is 0 Å². The highest BCUT2D eigenvalue weighted by Crippen LogP contribution is 2.37. The number of anilines is 2. The summed E-state index contributed by atoms with van der Waals surface area (Å²) in [6, 6.07) is 4.19. The monoisotopic (exact) mass is 624 g/mol. The molecule has 0 amide bonds. The van der Waals surface area contributed by atoms with Crippen LogP contribution in [0.25, 0.3) is 0 Å². The van der Waals surface area contributed by atoms with E-state index in [0.717, 1.165) is 12.1 Å². The van der Waals surface area contributed by atoms with Crippen LogP contribution in [0.3, 0.4) is 0 Å². The average molecular weight is 625 g/mol. The smallest absolute Gasteiger partial charge is 0.416 e. The van der Waals surface area contributed by atoms with E-state index >= 15 is 0 Å². The third-order valence-corrected chi connectivity index (χ3v) is 5.91. The zero-order valence-electron chi connectivity index (χ0n) is 22.1. The van der Waals surface area contributed by atoms with Gasteiger partial charge in [0.05, 0.1) is 35.7 Å². The van der Waals surface area contributed by atoms with E-state index < -0.39 is 41.2 Å². The number of halogens is 9. The van der Waals surface area contributed by atoms with E-state index in [2.05, 4.69) is 20.6 Å². The molecule has 3 aromatic rings. The Morgan fingerprint density at radius 3 is 1.95 bits per heavy atom. The van der Waals surface area contributed by atoms with Crippen LogP contribution in [0, 0.1) is 0 Å². The zero-order chi connectivity index (χ0) is 31.8. The van der Waals surface area contributed by atoms with Gasteiger partial charge in [0, 0.05) is 25.2 Å². The second-order valence-corrected chi connectivity index (χ2v) is 9.26. The van der Waals surface area contributed by atoms with Gasteiger partial charge in [0.2, 0.25) is 5.95 Å².